The molecule has 0 amide bonds. The number of hydrogen-bond donors (Lipinski definition) is 0. The SMILES string of the molecule is COc1ccc(Oc2coc3cc(OC(=O)CC(C)(C)C)ccc3c2=O)cc1. The third-order valence-electron chi connectivity index (χ3n) is 3.91. The topological polar surface area (TPSA) is 75.0 Å². The zero-order valence-corrected chi connectivity index (χ0v) is 16.3. The highest BCUT2D eigenvalue weighted by Gasteiger charge is 2.18. The summed E-state index contributed by atoms with van der Waals surface area (Å²) in [6, 6.07) is 11.5. The lowest BCUT2D eigenvalue weighted by atomic mass is 9.92. The van der Waals surface area contributed by atoms with Crippen molar-refractivity contribution in [2.45, 2.75) is 27.2 Å². The predicted molar refractivity (Wildman–Crippen MR) is 105 cm³/mol. The highest BCUT2D eigenvalue weighted by Crippen LogP contribution is 2.26. The van der Waals surface area contributed by atoms with Crippen LogP contribution in [0.5, 0.6) is 23.0 Å². The Morgan fingerprint density at radius 2 is 1.64 bits per heavy atom. The molecule has 0 aliphatic carbocycles. The average molecular weight is 382 g/mol. The quantitative estimate of drug-likeness (QED) is 0.460. The van der Waals surface area contributed by atoms with E-state index in [4.69, 9.17) is 18.6 Å². The number of rotatable bonds is 5. The minimum atomic E-state index is -0.339. The minimum absolute atomic E-state index is 0.0649. The van der Waals surface area contributed by atoms with Crippen LogP contribution in [0, 0.1) is 5.41 Å². The van der Waals surface area contributed by atoms with Gasteiger partial charge in [-0.3, -0.25) is 9.59 Å². The second-order valence-corrected chi connectivity index (χ2v) is 7.58. The van der Waals surface area contributed by atoms with E-state index in [1.165, 1.54) is 12.3 Å². The largest absolute Gasteiger partial charge is 0.497 e. The fourth-order valence-corrected chi connectivity index (χ4v) is 2.60. The Morgan fingerprint density at radius 3 is 2.29 bits per heavy atom. The molecule has 28 heavy (non-hydrogen) atoms. The molecule has 6 nitrogen and oxygen atoms in total. The monoisotopic (exact) mass is 382 g/mol. The van der Waals surface area contributed by atoms with Crippen LogP contribution in [0.1, 0.15) is 27.2 Å². The van der Waals surface area contributed by atoms with E-state index in [0.717, 1.165) is 0 Å². The van der Waals surface area contributed by atoms with E-state index >= 15 is 0 Å². The van der Waals surface area contributed by atoms with Gasteiger partial charge in [0.2, 0.25) is 11.2 Å². The van der Waals surface area contributed by atoms with Crippen LogP contribution in [-0.4, -0.2) is 13.1 Å². The maximum Gasteiger partial charge on any atom is 0.311 e. The lowest BCUT2D eigenvalue weighted by Crippen LogP contribution is -2.17. The molecular formula is C22H22O6. The standard InChI is InChI=1S/C22H22O6/c1-22(2,3)12-20(23)28-16-9-10-17-18(11-16)26-13-19(21(17)24)27-15-7-5-14(25-4)6-8-15/h5-11,13H,12H2,1-4H3. The summed E-state index contributed by atoms with van der Waals surface area (Å²) in [6.07, 6.45) is 1.53. The van der Waals surface area contributed by atoms with Gasteiger partial charge in [-0.15, -0.1) is 0 Å². The maximum absolute atomic E-state index is 12.7. The molecule has 0 radical (unpaired) electrons. The number of benzene rings is 2. The van der Waals surface area contributed by atoms with E-state index in [2.05, 4.69) is 0 Å². The Balaban J connectivity index is 1.82. The van der Waals surface area contributed by atoms with Crippen LogP contribution in [0.15, 0.2) is 57.9 Å². The zero-order valence-electron chi connectivity index (χ0n) is 16.3. The number of carbonyl (C=O) groups is 1. The van der Waals surface area contributed by atoms with Crippen LogP contribution in [0.2, 0.25) is 0 Å². The molecule has 0 aliphatic heterocycles. The highest BCUT2D eigenvalue weighted by atomic mass is 16.5. The van der Waals surface area contributed by atoms with Gasteiger partial charge in [-0.05, 0) is 41.8 Å². The summed E-state index contributed by atoms with van der Waals surface area (Å²) < 4.78 is 21.6. The number of ether oxygens (including phenoxy) is 3. The van der Waals surface area contributed by atoms with E-state index in [0.29, 0.717) is 28.2 Å². The number of carbonyl (C=O) groups excluding carboxylic acids is 1. The molecule has 0 N–H and O–H groups in total. The zero-order chi connectivity index (χ0) is 20.3. The second-order valence-electron chi connectivity index (χ2n) is 7.58. The number of fused-ring (bicyclic) bond motifs is 1. The van der Waals surface area contributed by atoms with Crippen molar-refractivity contribution in [1.82, 2.24) is 0 Å². The Bertz CT molecular complexity index is 1040. The van der Waals surface area contributed by atoms with Gasteiger partial charge in [0.05, 0.1) is 18.9 Å². The maximum atomic E-state index is 12.7. The molecule has 0 saturated carbocycles. The third kappa shape index (κ3) is 4.71. The van der Waals surface area contributed by atoms with Crippen LogP contribution in [0.4, 0.5) is 0 Å². The minimum Gasteiger partial charge on any atom is -0.497 e. The van der Waals surface area contributed by atoms with Gasteiger partial charge >= 0.3 is 5.97 Å². The molecule has 0 saturated heterocycles. The Morgan fingerprint density at radius 1 is 1.00 bits per heavy atom. The first kappa shape index (κ1) is 19.5. The van der Waals surface area contributed by atoms with Gasteiger partial charge in [0.1, 0.15) is 29.1 Å². The van der Waals surface area contributed by atoms with Gasteiger partial charge < -0.3 is 18.6 Å². The summed E-state index contributed by atoms with van der Waals surface area (Å²) in [7, 11) is 1.57. The van der Waals surface area contributed by atoms with Crippen molar-refractivity contribution < 1.29 is 23.4 Å². The van der Waals surface area contributed by atoms with Gasteiger partial charge in [0.25, 0.3) is 0 Å². The van der Waals surface area contributed by atoms with Crippen molar-refractivity contribution in [3.63, 3.8) is 0 Å². The van der Waals surface area contributed by atoms with Crippen molar-refractivity contribution in [3.8, 4) is 23.0 Å². The summed E-state index contributed by atoms with van der Waals surface area (Å²) >= 11 is 0. The lowest BCUT2D eigenvalue weighted by molar-refractivity contribution is -0.136. The molecular weight excluding hydrogens is 360 g/mol. The van der Waals surface area contributed by atoms with Crippen molar-refractivity contribution >= 4 is 16.9 Å². The summed E-state index contributed by atoms with van der Waals surface area (Å²) in [6.45, 7) is 5.87. The van der Waals surface area contributed by atoms with Crippen molar-refractivity contribution in [2.24, 2.45) is 5.41 Å². The summed E-state index contributed by atoms with van der Waals surface area (Å²) in [5, 5.41) is 0.335. The van der Waals surface area contributed by atoms with E-state index in [-0.39, 0.29) is 29.0 Å². The van der Waals surface area contributed by atoms with Crippen molar-refractivity contribution in [2.75, 3.05) is 7.11 Å². The van der Waals surface area contributed by atoms with E-state index in [1.807, 2.05) is 20.8 Å². The predicted octanol–water partition coefficient (Wildman–Crippen LogP) is 4.94. The molecule has 0 fully saturated rings. The molecule has 146 valence electrons. The van der Waals surface area contributed by atoms with Gasteiger partial charge in [0, 0.05) is 6.07 Å². The van der Waals surface area contributed by atoms with Crippen LogP contribution in [0.25, 0.3) is 11.0 Å². The molecule has 1 heterocycles. The first-order chi connectivity index (χ1) is 13.2. The normalized spacial score (nSPS) is 11.3. The van der Waals surface area contributed by atoms with Gasteiger partial charge in [0.15, 0.2) is 0 Å². The first-order valence-corrected chi connectivity index (χ1v) is 8.83. The average Bonchev–Trinajstić information content (AvgIpc) is 2.63. The van der Waals surface area contributed by atoms with Gasteiger partial charge in [-0.2, -0.15) is 0 Å². The summed E-state index contributed by atoms with van der Waals surface area (Å²) in [5.74, 6) is 1.23. The van der Waals surface area contributed by atoms with Gasteiger partial charge in [-0.1, -0.05) is 20.8 Å². The third-order valence-corrected chi connectivity index (χ3v) is 3.91. The molecule has 1 aromatic heterocycles. The van der Waals surface area contributed by atoms with E-state index in [1.54, 1.807) is 43.5 Å². The molecule has 2 aromatic carbocycles. The van der Waals surface area contributed by atoms with Crippen molar-refractivity contribution in [1.29, 1.82) is 0 Å². The number of hydrogen-bond acceptors (Lipinski definition) is 6. The van der Waals surface area contributed by atoms with Crippen LogP contribution < -0.4 is 19.6 Å². The molecule has 0 spiro atoms. The van der Waals surface area contributed by atoms with Crippen LogP contribution >= 0.6 is 0 Å². The molecule has 6 heteroatoms. The van der Waals surface area contributed by atoms with Crippen molar-refractivity contribution in [3.05, 3.63) is 59.0 Å². The van der Waals surface area contributed by atoms with E-state index in [9.17, 15) is 9.59 Å². The first-order valence-electron chi connectivity index (χ1n) is 8.83. The molecule has 0 aliphatic rings. The van der Waals surface area contributed by atoms with E-state index < -0.39 is 0 Å². The molecule has 3 aromatic rings. The second kappa shape index (κ2) is 7.76. The fourth-order valence-electron chi connectivity index (χ4n) is 2.60. The molecule has 3 rings (SSSR count). The number of esters is 1. The Hall–Kier alpha value is -3.28. The lowest BCUT2D eigenvalue weighted by Gasteiger charge is -2.16. The van der Waals surface area contributed by atoms with Gasteiger partial charge in [-0.25, -0.2) is 0 Å². The smallest absolute Gasteiger partial charge is 0.311 e. The summed E-state index contributed by atoms with van der Waals surface area (Å²) in [5.41, 5.74) is -0.174. The highest BCUT2D eigenvalue weighted by molar-refractivity contribution is 5.81. The number of methoxy groups -OCH3 is 1. The molecule has 0 atom stereocenters. The summed E-state index contributed by atoms with van der Waals surface area (Å²) in [4.78, 5) is 24.7. The Labute approximate surface area is 162 Å². The molecule has 0 unspecified atom stereocenters. The Kier molecular flexibility index (Phi) is 5.40. The van der Waals surface area contributed by atoms with Crippen LogP contribution in [0.3, 0.4) is 0 Å². The molecule has 0 bridgehead atoms. The fraction of sp³-hybridized carbons (Fsp3) is 0.273. The van der Waals surface area contributed by atoms with Crippen LogP contribution in [-0.2, 0) is 4.79 Å².